The van der Waals surface area contributed by atoms with E-state index in [-0.39, 0.29) is 24.1 Å². The Labute approximate surface area is 132 Å². The van der Waals surface area contributed by atoms with Gasteiger partial charge in [-0.1, -0.05) is 19.1 Å². The number of nitrogens with one attached hydrogen (secondary N) is 4. The van der Waals surface area contributed by atoms with Crippen LogP contribution in [0.4, 0.5) is 21.0 Å². The minimum atomic E-state index is -0.300. The molecule has 0 fully saturated rings. The maximum Gasteiger partial charge on any atom is 0.319 e. The van der Waals surface area contributed by atoms with Crippen LogP contribution in [-0.2, 0) is 0 Å². The number of para-hydroxylation sites is 1. The van der Waals surface area contributed by atoms with E-state index in [1.54, 1.807) is 6.07 Å². The van der Waals surface area contributed by atoms with E-state index in [0.29, 0.717) is 11.4 Å². The Bertz CT molecular complexity index is 529. The molecule has 0 aliphatic carbocycles. The monoisotopic (exact) mass is 306 g/mol. The lowest BCUT2D eigenvalue weighted by molar-refractivity contribution is 0.248. The molecule has 0 aromatic heterocycles. The molecule has 1 aromatic carbocycles. The second-order valence-electron chi connectivity index (χ2n) is 5.66. The van der Waals surface area contributed by atoms with Crippen LogP contribution in [0.15, 0.2) is 18.2 Å². The van der Waals surface area contributed by atoms with Crippen LogP contribution in [0.25, 0.3) is 0 Å². The van der Waals surface area contributed by atoms with Crippen molar-refractivity contribution in [1.29, 1.82) is 0 Å². The highest BCUT2D eigenvalue weighted by molar-refractivity contribution is 5.99. The third-order valence-electron chi connectivity index (χ3n) is 3.17. The Morgan fingerprint density at radius 1 is 1.05 bits per heavy atom. The summed E-state index contributed by atoms with van der Waals surface area (Å²) in [7, 11) is 0. The first-order valence-corrected chi connectivity index (χ1v) is 7.58. The summed E-state index contributed by atoms with van der Waals surface area (Å²) in [4.78, 5) is 23.8. The predicted molar refractivity (Wildman–Crippen MR) is 90.4 cm³/mol. The molecule has 0 spiro atoms. The summed E-state index contributed by atoms with van der Waals surface area (Å²) in [5.41, 5.74) is 2.04. The van der Waals surface area contributed by atoms with Crippen molar-refractivity contribution in [1.82, 2.24) is 10.6 Å². The quantitative estimate of drug-likeness (QED) is 0.672. The number of rotatable bonds is 5. The molecular formula is C16H26N4O2. The van der Waals surface area contributed by atoms with E-state index in [9.17, 15) is 9.59 Å². The highest BCUT2D eigenvalue weighted by atomic mass is 16.2. The summed E-state index contributed by atoms with van der Waals surface area (Å²) >= 11 is 0. The van der Waals surface area contributed by atoms with E-state index in [2.05, 4.69) is 21.3 Å². The van der Waals surface area contributed by atoms with Crippen LogP contribution in [-0.4, -0.2) is 24.1 Å². The maximum atomic E-state index is 12.0. The molecule has 6 heteroatoms. The molecule has 4 N–H and O–H groups in total. The predicted octanol–water partition coefficient (Wildman–Crippen LogP) is 3.44. The Balaban J connectivity index is 2.85. The van der Waals surface area contributed by atoms with Crippen LogP contribution >= 0.6 is 0 Å². The van der Waals surface area contributed by atoms with Crippen molar-refractivity contribution in [2.45, 2.75) is 53.1 Å². The molecule has 0 radical (unpaired) electrons. The SMILES string of the molecule is CC[C@@H](C)NC(=O)Nc1c(C)cccc1NC(=O)NC(C)C. The fourth-order valence-corrected chi connectivity index (χ4v) is 1.83. The van der Waals surface area contributed by atoms with Gasteiger partial charge in [0.1, 0.15) is 0 Å². The Hall–Kier alpha value is -2.24. The van der Waals surface area contributed by atoms with Crippen molar-refractivity contribution in [2.24, 2.45) is 0 Å². The highest BCUT2D eigenvalue weighted by Gasteiger charge is 2.13. The lowest BCUT2D eigenvalue weighted by atomic mass is 10.1. The lowest BCUT2D eigenvalue weighted by Crippen LogP contribution is -2.37. The van der Waals surface area contributed by atoms with Crippen molar-refractivity contribution >= 4 is 23.4 Å². The number of amides is 4. The van der Waals surface area contributed by atoms with Gasteiger partial charge in [-0.25, -0.2) is 9.59 Å². The molecule has 1 atom stereocenters. The number of hydrogen-bond donors (Lipinski definition) is 4. The molecule has 0 bridgehead atoms. The van der Waals surface area contributed by atoms with Gasteiger partial charge in [-0.05, 0) is 45.7 Å². The van der Waals surface area contributed by atoms with Crippen LogP contribution in [0.2, 0.25) is 0 Å². The van der Waals surface area contributed by atoms with Gasteiger partial charge in [0, 0.05) is 12.1 Å². The molecular weight excluding hydrogens is 280 g/mol. The van der Waals surface area contributed by atoms with Crippen molar-refractivity contribution in [2.75, 3.05) is 10.6 Å². The van der Waals surface area contributed by atoms with E-state index >= 15 is 0 Å². The molecule has 0 aliphatic heterocycles. The molecule has 1 aromatic rings. The topological polar surface area (TPSA) is 82.3 Å². The van der Waals surface area contributed by atoms with Gasteiger partial charge in [-0.3, -0.25) is 0 Å². The Morgan fingerprint density at radius 2 is 1.68 bits per heavy atom. The van der Waals surface area contributed by atoms with Crippen LogP contribution in [0.3, 0.4) is 0 Å². The summed E-state index contributed by atoms with van der Waals surface area (Å²) < 4.78 is 0. The summed E-state index contributed by atoms with van der Waals surface area (Å²) in [5, 5.41) is 11.2. The van der Waals surface area contributed by atoms with Crippen molar-refractivity contribution in [3.8, 4) is 0 Å². The normalized spacial score (nSPS) is 11.7. The molecule has 1 rings (SSSR count). The van der Waals surface area contributed by atoms with Gasteiger partial charge in [0.25, 0.3) is 0 Å². The molecule has 0 saturated heterocycles. The van der Waals surface area contributed by atoms with Crippen molar-refractivity contribution in [3.05, 3.63) is 23.8 Å². The number of benzene rings is 1. The zero-order chi connectivity index (χ0) is 16.7. The van der Waals surface area contributed by atoms with Gasteiger partial charge in [-0.2, -0.15) is 0 Å². The van der Waals surface area contributed by atoms with Crippen molar-refractivity contribution < 1.29 is 9.59 Å². The molecule has 4 amide bonds. The van der Waals surface area contributed by atoms with E-state index in [4.69, 9.17) is 0 Å². The van der Waals surface area contributed by atoms with Gasteiger partial charge in [0.05, 0.1) is 11.4 Å². The minimum Gasteiger partial charge on any atom is -0.336 e. The van der Waals surface area contributed by atoms with Gasteiger partial charge in [0.2, 0.25) is 0 Å². The highest BCUT2D eigenvalue weighted by Crippen LogP contribution is 2.25. The largest absolute Gasteiger partial charge is 0.336 e. The average Bonchev–Trinajstić information content (AvgIpc) is 2.41. The summed E-state index contributed by atoms with van der Waals surface area (Å²) in [6.45, 7) is 9.59. The number of anilines is 2. The molecule has 0 heterocycles. The maximum absolute atomic E-state index is 12.0. The van der Waals surface area contributed by atoms with Gasteiger partial charge < -0.3 is 21.3 Å². The lowest BCUT2D eigenvalue weighted by Gasteiger charge is -2.18. The van der Waals surface area contributed by atoms with Crippen molar-refractivity contribution in [3.63, 3.8) is 0 Å². The first-order chi connectivity index (χ1) is 10.3. The molecule has 122 valence electrons. The Morgan fingerprint density at radius 3 is 2.27 bits per heavy atom. The summed E-state index contributed by atoms with van der Waals surface area (Å²) in [6, 6.07) is 5.01. The first-order valence-electron chi connectivity index (χ1n) is 7.58. The van der Waals surface area contributed by atoms with Crippen LogP contribution in [0.1, 0.15) is 39.7 Å². The summed E-state index contributed by atoms with van der Waals surface area (Å²) in [5.74, 6) is 0. The number of carbonyl (C=O) groups excluding carboxylic acids is 2. The van der Waals surface area contributed by atoms with E-state index in [1.165, 1.54) is 0 Å². The zero-order valence-electron chi connectivity index (χ0n) is 13.9. The average molecular weight is 306 g/mol. The first kappa shape index (κ1) is 17.8. The zero-order valence-corrected chi connectivity index (χ0v) is 13.9. The molecule has 0 unspecified atom stereocenters. The summed E-state index contributed by atoms with van der Waals surface area (Å²) in [6.07, 6.45) is 0.850. The molecule has 0 saturated carbocycles. The van der Waals surface area contributed by atoms with Gasteiger partial charge in [-0.15, -0.1) is 0 Å². The number of urea groups is 2. The third-order valence-corrected chi connectivity index (χ3v) is 3.17. The van der Waals surface area contributed by atoms with E-state index in [0.717, 1.165) is 12.0 Å². The Kier molecular flexibility index (Phi) is 6.69. The number of aryl methyl sites for hydroxylation is 1. The molecule has 22 heavy (non-hydrogen) atoms. The number of hydrogen-bond acceptors (Lipinski definition) is 2. The second-order valence-corrected chi connectivity index (χ2v) is 5.66. The second kappa shape index (κ2) is 8.26. The fourth-order valence-electron chi connectivity index (χ4n) is 1.83. The molecule has 6 nitrogen and oxygen atoms in total. The third kappa shape index (κ3) is 5.63. The van der Waals surface area contributed by atoms with Crippen LogP contribution in [0, 0.1) is 6.92 Å². The minimum absolute atomic E-state index is 0.0370. The standard InChI is InChI=1S/C16H26N4O2/c1-6-12(5)18-16(22)20-14-11(4)8-7-9-13(14)19-15(21)17-10(2)3/h7-10,12H,6H2,1-5H3,(H2,17,19,21)(H2,18,20,22)/t12-/m1/s1. The smallest absolute Gasteiger partial charge is 0.319 e. The van der Waals surface area contributed by atoms with Gasteiger partial charge in [0.15, 0.2) is 0 Å². The van der Waals surface area contributed by atoms with Crippen LogP contribution in [0.5, 0.6) is 0 Å². The van der Waals surface area contributed by atoms with Gasteiger partial charge >= 0.3 is 12.1 Å². The van der Waals surface area contributed by atoms with E-state index < -0.39 is 0 Å². The van der Waals surface area contributed by atoms with E-state index in [1.807, 2.05) is 46.8 Å². The number of carbonyl (C=O) groups is 2. The fraction of sp³-hybridized carbons (Fsp3) is 0.500. The molecule has 0 aliphatic rings. The van der Waals surface area contributed by atoms with Crippen LogP contribution < -0.4 is 21.3 Å².